The Balaban J connectivity index is 1.62. The Morgan fingerprint density at radius 1 is 1.03 bits per heavy atom. The summed E-state index contributed by atoms with van der Waals surface area (Å²) in [4.78, 5) is 43.1. The fraction of sp³-hybridized carbons (Fsp3) is 0.120. The minimum atomic E-state index is -0.465. The van der Waals surface area contributed by atoms with E-state index in [0.29, 0.717) is 16.1 Å². The standard InChI is InChI=1S/C25H17N3O3S/c1-2-14-27-20-11-10-16-6-3-4-9-19(16)23(20)32-25(27)26-24(31)17-7-5-8-18(15-17)28-21(29)12-13-22(28)30/h1,3-11,15H,12-14H2. The largest absolute Gasteiger partial charge is 0.305 e. The molecule has 1 aliphatic heterocycles. The van der Waals surface area contributed by atoms with Crippen molar-refractivity contribution in [2.45, 2.75) is 19.4 Å². The van der Waals surface area contributed by atoms with Crippen molar-refractivity contribution in [2.24, 2.45) is 4.99 Å². The molecule has 0 bridgehead atoms. The van der Waals surface area contributed by atoms with E-state index in [2.05, 4.69) is 10.9 Å². The molecule has 0 aliphatic carbocycles. The molecule has 1 aliphatic rings. The van der Waals surface area contributed by atoms with Gasteiger partial charge in [-0.05, 0) is 29.7 Å². The molecule has 2 heterocycles. The maximum absolute atomic E-state index is 13.0. The van der Waals surface area contributed by atoms with E-state index in [4.69, 9.17) is 6.42 Å². The van der Waals surface area contributed by atoms with Crippen molar-refractivity contribution in [3.63, 3.8) is 0 Å². The molecule has 1 fully saturated rings. The van der Waals surface area contributed by atoms with Crippen molar-refractivity contribution in [3.8, 4) is 12.3 Å². The lowest BCUT2D eigenvalue weighted by Gasteiger charge is -2.14. The number of rotatable bonds is 3. The Labute approximate surface area is 187 Å². The first-order valence-corrected chi connectivity index (χ1v) is 10.9. The highest BCUT2D eigenvalue weighted by Gasteiger charge is 2.30. The molecule has 0 radical (unpaired) electrons. The molecule has 0 spiro atoms. The molecule has 3 aromatic carbocycles. The molecule has 6 nitrogen and oxygen atoms in total. The van der Waals surface area contributed by atoms with Crippen molar-refractivity contribution in [1.82, 2.24) is 4.57 Å². The molecular formula is C25H17N3O3S. The molecule has 1 saturated heterocycles. The zero-order valence-electron chi connectivity index (χ0n) is 16.9. The van der Waals surface area contributed by atoms with Crippen molar-refractivity contribution < 1.29 is 14.4 Å². The summed E-state index contributed by atoms with van der Waals surface area (Å²) in [7, 11) is 0. The normalized spacial score (nSPS) is 14.5. The molecule has 0 saturated carbocycles. The summed E-state index contributed by atoms with van der Waals surface area (Å²) in [6.45, 7) is 0.279. The molecule has 7 heteroatoms. The molecule has 5 rings (SSSR count). The van der Waals surface area contributed by atoms with Crippen molar-refractivity contribution in [1.29, 1.82) is 0 Å². The third kappa shape index (κ3) is 3.31. The van der Waals surface area contributed by atoms with E-state index in [1.54, 1.807) is 18.2 Å². The second-order valence-corrected chi connectivity index (χ2v) is 8.38. The summed E-state index contributed by atoms with van der Waals surface area (Å²) in [5.74, 6) is 1.64. The zero-order chi connectivity index (χ0) is 22.2. The van der Waals surface area contributed by atoms with Crippen LogP contribution >= 0.6 is 11.3 Å². The summed E-state index contributed by atoms with van der Waals surface area (Å²) < 4.78 is 2.86. The minimum Gasteiger partial charge on any atom is -0.305 e. The Morgan fingerprint density at radius 2 is 1.81 bits per heavy atom. The summed E-state index contributed by atoms with van der Waals surface area (Å²) in [5, 5.41) is 2.17. The number of amides is 3. The fourth-order valence-corrected chi connectivity index (χ4v) is 5.08. The number of aromatic nitrogens is 1. The number of nitrogens with zero attached hydrogens (tertiary/aromatic N) is 3. The number of terminal acetylenes is 1. The van der Waals surface area contributed by atoms with E-state index < -0.39 is 5.91 Å². The Hall–Kier alpha value is -4.02. The topological polar surface area (TPSA) is 71.7 Å². The van der Waals surface area contributed by atoms with E-state index in [-0.39, 0.29) is 31.2 Å². The number of fused-ring (bicyclic) bond motifs is 3. The predicted octanol–water partition coefficient (Wildman–Crippen LogP) is 3.88. The molecule has 32 heavy (non-hydrogen) atoms. The van der Waals surface area contributed by atoms with Gasteiger partial charge in [-0.3, -0.25) is 19.3 Å². The Kier molecular flexibility index (Phi) is 4.92. The smallest absolute Gasteiger partial charge is 0.279 e. The van der Waals surface area contributed by atoms with Crippen LogP contribution in [-0.2, 0) is 16.1 Å². The number of thiazole rings is 1. The van der Waals surface area contributed by atoms with Crippen LogP contribution in [-0.4, -0.2) is 22.3 Å². The first-order valence-electron chi connectivity index (χ1n) is 10.1. The van der Waals surface area contributed by atoms with Gasteiger partial charge in [-0.1, -0.05) is 53.7 Å². The van der Waals surface area contributed by atoms with Gasteiger partial charge in [-0.15, -0.1) is 6.42 Å². The number of imide groups is 1. The highest BCUT2D eigenvalue weighted by molar-refractivity contribution is 7.17. The third-order valence-corrected chi connectivity index (χ3v) is 6.55. The zero-order valence-corrected chi connectivity index (χ0v) is 17.8. The average Bonchev–Trinajstić information content (AvgIpc) is 3.33. The second kappa shape index (κ2) is 7.91. The van der Waals surface area contributed by atoms with Crippen LogP contribution in [0.5, 0.6) is 0 Å². The molecule has 0 N–H and O–H groups in total. The first kappa shape index (κ1) is 19.9. The number of carbonyl (C=O) groups is 3. The van der Waals surface area contributed by atoms with Crippen molar-refractivity contribution in [3.05, 3.63) is 71.0 Å². The van der Waals surface area contributed by atoms with E-state index in [1.807, 2.05) is 41.0 Å². The number of carbonyl (C=O) groups excluding carboxylic acids is 3. The van der Waals surface area contributed by atoms with Gasteiger partial charge in [0.05, 0.1) is 22.4 Å². The van der Waals surface area contributed by atoms with E-state index in [9.17, 15) is 14.4 Å². The van der Waals surface area contributed by atoms with E-state index >= 15 is 0 Å². The van der Waals surface area contributed by atoms with Crippen LogP contribution in [0.1, 0.15) is 23.2 Å². The van der Waals surface area contributed by atoms with Gasteiger partial charge >= 0.3 is 0 Å². The summed E-state index contributed by atoms with van der Waals surface area (Å²) in [6, 6.07) is 18.5. The van der Waals surface area contributed by atoms with Crippen LogP contribution in [0.4, 0.5) is 5.69 Å². The quantitative estimate of drug-likeness (QED) is 0.359. The van der Waals surface area contributed by atoms with Crippen molar-refractivity contribution in [2.75, 3.05) is 4.90 Å². The number of anilines is 1. The highest BCUT2D eigenvalue weighted by atomic mass is 32.1. The SMILES string of the molecule is C#CCn1c(=NC(=O)c2cccc(N3C(=O)CCC3=O)c2)sc2c3ccccc3ccc21. The summed E-state index contributed by atoms with van der Waals surface area (Å²) >= 11 is 1.41. The summed E-state index contributed by atoms with van der Waals surface area (Å²) in [5.41, 5.74) is 1.60. The van der Waals surface area contributed by atoms with Gasteiger partial charge in [0, 0.05) is 23.8 Å². The monoisotopic (exact) mass is 439 g/mol. The molecule has 1 aromatic heterocycles. The maximum Gasteiger partial charge on any atom is 0.279 e. The fourth-order valence-electron chi connectivity index (χ4n) is 3.92. The number of hydrogen-bond acceptors (Lipinski definition) is 4. The molecular weight excluding hydrogens is 422 g/mol. The van der Waals surface area contributed by atoms with Gasteiger partial charge < -0.3 is 4.57 Å². The van der Waals surface area contributed by atoms with Gasteiger partial charge in [-0.2, -0.15) is 4.99 Å². The minimum absolute atomic E-state index is 0.184. The predicted molar refractivity (Wildman–Crippen MR) is 124 cm³/mol. The number of hydrogen-bond donors (Lipinski definition) is 0. The average molecular weight is 439 g/mol. The maximum atomic E-state index is 13.0. The molecule has 4 aromatic rings. The van der Waals surface area contributed by atoms with Gasteiger partial charge in [0.15, 0.2) is 4.80 Å². The van der Waals surface area contributed by atoms with Crippen LogP contribution in [0.25, 0.3) is 21.0 Å². The van der Waals surface area contributed by atoms with Gasteiger partial charge in [-0.25, -0.2) is 0 Å². The van der Waals surface area contributed by atoms with Crippen LogP contribution in [0.3, 0.4) is 0 Å². The Morgan fingerprint density at radius 3 is 2.59 bits per heavy atom. The lowest BCUT2D eigenvalue weighted by Crippen LogP contribution is -2.28. The van der Waals surface area contributed by atoms with E-state index in [0.717, 1.165) is 25.9 Å². The Bertz CT molecular complexity index is 1520. The molecule has 0 atom stereocenters. The molecule has 156 valence electrons. The lowest BCUT2D eigenvalue weighted by molar-refractivity contribution is -0.121. The van der Waals surface area contributed by atoms with Crippen LogP contribution < -0.4 is 9.70 Å². The van der Waals surface area contributed by atoms with Crippen LogP contribution in [0.15, 0.2) is 65.7 Å². The lowest BCUT2D eigenvalue weighted by atomic mass is 10.1. The van der Waals surface area contributed by atoms with Crippen LogP contribution in [0, 0.1) is 12.3 Å². The van der Waals surface area contributed by atoms with Gasteiger partial charge in [0.1, 0.15) is 0 Å². The number of benzene rings is 3. The van der Waals surface area contributed by atoms with Crippen molar-refractivity contribution >= 4 is 55.7 Å². The van der Waals surface area contributed by atoms with E-state index in [1.165, 1.54) is 17.4 Å². The second-order valence-electron chi connectivity index (χ2n) is 7.40. The summed E-state index contributed by atoms with van der Waals surface area (Å²) in [6.07, 6.45) is 5.96. The molecule has 0 unspecified atom stereocenters. The first-order chi connectivity index (χ1) is 15.6. The highest BCUT2D eigenvalue weighted by Crippen LogP contribution is 2.28. The van der Waals surface area contributed by atoms with Gasteiger partial charge in [0.25, 0.3) is 5.91 Å². The van der Waals surface area contributed by atoms with Gasteiger partial charge in [0.2, 0.25) is 11.8 Å². The third-order valence-electron chi connectivity index (χ3n) is 5.42. The van der Waals surface area contributed by atoms with Crippen LogP contribution in [0.2, 0.25) is 0 Å². The molecule has 3 amide bonds.